The minimum atomic E-state index is 0.186. The summed E-state index contributed by atoms with van der Waals surface area (Å²) in [6.45, 7) is 0.718. The Bertz CT molecular complexity index is 538. The number of nitrogens with zero attached hydrogens (tertiary/aromatic N) is 3. The summed E-state index contributed by atoms with van der Waals surface area (Å²) in [6, 6.07) is 9.80. The first-order chi connectivity index (χ1) is 8.54. The fourth-order valence-corrected chi connectivity index (χ4v) is 2.10. The molecular weight excluding hydrogens is 294 g/mol. The Labute approximate surface area is 114 Å². The van der Waals surface area contributed by atoms with Gasteiger partial charge in [-0.1, -0.05) is 28.1 Å². The van der Waals surface area contributed by atoms with Crippen LogP contribution >= 0.6 is 15.9 Å². The summed E-state index contributed by atoms with van der Waals surface area (Å²) < 4.78 is 1.05. The van der Waals surface area contributed by atoms with Gasteiger partial charge in [0.25, 0.3) is 0 Å². The molecule has 1 aromatic carbocycles. The summed E-state index contributed by atoms with van der Waals surface area (Å²) in [7, 11) is 1.93. The summed E-state index contributed by atoms with van der Waals surface area (Å²) >= 11 is 3.45. The van der Waals surface area contributed by atoms with Crippen molar-refractivity contribution in [3.63, 3.8) is 0 Å². The van der Waals surface area contributed by atoms with Crippen molar-refractivity contribution in [1.82, 2.24) is 9.97 Å². The van der Waals surface area contributed by atoms with Crippen LogP contribution in [-0.4, -0.2) is 17.0 Å². The molecule has 0 aliphatic rings. The summed E-state index contributed by atoms with van der Waals surface area (Å²) in [5.41, 5.74) is 12.4. The molecule has 0 spiro atoms. The van der Waals surface area contributed by atoms with Gasteiger partial charge in [-0.3, -0.25) is 0 Å². The van der Waals surface area contributed by atoms with Gasteiger partial charge < -0.3 is 16.4 Å². The number of nitrogens with two attached hydrogens (primary N) is 2. The van der Waals surface area contributed by atoms with E-state index in [2.05, 4.69) is 38.0 Å². The third-order valence-electron chi connectivity index (χ3n) is 2.45. The second kappa shape index (κ2) is 5.22. The highest BCUT2D eigenvalue weighted by molar-refractivity contribution is 9.10. The Hall–Kier alpha value is -1.82. The standard InChI is InChI=1S/C12H14BrN5/c1-18(7-8-3-2-4-9(13)5-8)11-6-10(14)16-12(15)17-11/h2-6H,7H2,1H3,(H4,14,15,16,17). The van der Waals surface area contributed by atoms with E-state index in [0.29, 0.717) is 11.6 Å². The molecule has 0 fully saturated rings. The zero-order valence-corrected chi connectivity index (χ0v) is 11.6. The Morgan fingerprint density at radius 1 is 1.22 bits per heavy atom. The maximum atomic E-state index is 5.65. The van der Waals surface area contributed by atoms with Crippen molar-refractivity contribution < 1.29 is 0 Å². The average Bonchev–Trinajstić information content (AvgIpc) is 2.27. The third kappa shape index (κ3) is 3.10. The third-order valence-corrected chi connectivity index (χ3v) is 2.94. The van der Waals surface area contributed by atoms with Crippen LogP contribution in [0.2, 0.25) is 0 Å². The number of benzene rings is 1. The average molecular weight is 308 g/mol. The highest BCUT2D eigenvalue weighted by atomic mass is 79.9. The summed E-state index contributed by atoms with van der Waals surface area (Å²) in [6.07, 6.45) is 0. The molecule has 0 aliphatic carbocycles. The molecule has 0 aliphatic heterocycles. The molecule has 0 bridgehead atoms. The number of hydrogen-bond acceptors (Lipinski definition) is 5. The van der Waals surface area contributed by atoms with E-state index < -0.39 is 0 Å². The number of anilines is 3. The van der Waals surface area contributed by atoms with Crippen LogP contribution in [0.4, 0.5) is 17.6 Å². The van der Waals surface area contributed by atoms with Gasteiger partial charge in [-0.2, -0.15) is 9.97 Å². The second-order valence-corrected chi connectivity index (χ2v) is 4.91. The SMILES string of the molecule is CN(Cc1cccc(Br)c1)c1cc(N)nc(N)n1. The van der Waals surface area contributed by atoms with E-state index in [1.807, 2.05) is 24.1 Å². The molecule has 2 aromatic rings. The highest BCUT2D eigenvalue weighted by Crippen LogP contribution is 2.18. The zero-order valence-electron chi connectivity index (χ0n) is 9.97. The summed E-state index contributed by atoms with van der Waals surface area (Å²) in [4.78, 5) is 9.97. The van der Waals surface area contributed by atoms with Gasteiger partial charge in [-0.15, -0.1) is 0 Å². The van der Waals surface area contributed by atoms with Crippen molar-refractivity contribution >= 4 is 33.5 Å². The van der Waals surface area contributed by atoms with Crippen LogP contribution in [0, 0.1) is 0 Å². The van der Waals surface area contributed by atoms with Crippen molar-refractivity contribution in [2.75, 3.05) is 23.4 Å². The van der Waals surface area contributed by atoms with Gasteiger partial charge in [0, 0.05) is 24.1 Å². The van der Waals surface area contributed by atoms with Crippen LogP contribution in [0.15, 0.2) is 34.8 Å². The Balaban J connectivity index is 2.19. The van der Waals surface area contributed by atoms with Crippen LogP contribution in [0.1, 0.15) is 5.56 Å². The molecule has 1 aromatic heterocycles. The highest BCUT2D eigenvalue weighted by Gasteiger charge is 2.06. The minimum absolute atomic E-state index is 0.186. The fraction of sp³-hybridized carbons (Fsp3) is 0.167. The lowest BCUT2D eigenvalue weighted by atomic mass is 10.2. The number of rotatable bonds is 3. The fourth-order valence-electron chi connectivity index (χ4n) is 1.66. The van der Waals surface area contributed by atoms with Crippen molar-refractivity contribution in [3.8, 4) is 0 Å². The van der Waals surface area contributed by atoms with Crippen molar-refractivity contribution in [3.05, 3.63) is 40.4 Å². The van der Waals surface area contributed by atoms with E-state index in [0.717, 1.165) is 11.0 Å². The van der Waals surface area contributed by atoms with Gasteiger partial charge in [0.15, 0.2) is 0 Å². The van der Waals surface area contributed by atoms with Crippen molar-refractivity contribution in [2.24, 2.45) is 0 Å². The van der Waals surface area contributed by atoms with E-state index in [1.165, 1.54) is 5.56 Å². The van der Waals surface area contributed by atoms with E-state index in [1.54, 1.807) is 6.07 Å². The summed E-state index contributed by atoms with van der Waals surface area (Å²) in [5.74, 6) is 1.27. The van der Waals surface area contributed by atoms with Crippen molar-refractivity contribution in [1.29, 1.82) is 0 Å². The first-order valence-corrected chi connectivity index (χ1v) is 6.19. The first-order valence-electron chi connectivity index (χ1n) is 5.40. The predicted molar refractivity (Wildman–Crippen MR) is 77.1 cm³/mol. The number of halogens is 1. The first kappa shape index (κ1) is 12.6. The number of aromatic nitrogens is 2. The predicted octanol–water partition coefficient (Wildman–Crippen LogP) is 2.04. The second-order valence-electron chi connectivity index (χ2n) is 4.00. The van der Waals surface area contributed by atoms with Crippen LogP contribution in [-0.2, 0) is 6.54 Å². The van der Waals surface area contributed by atoms with Crippen LogP contribution in [0.5, 0.6) is 0 Å². The molecule has 0 saturated carbocycles. The molecule has 0 amide bonds. The summed E-state index contributed by atoms with van der Waals surface area (Å²) in [5, 5.41) is 0. The maximum absolute atomic E-state index is 5.65. The topological polar surface area (TPSA) is 81.1 Å². The lowest BCUT2D eigenvalue weighted by molar-refractivity contribution is 0.894. The van der Waals surface area contributed by atoms with Crippen LogP contribution in [0.3, 0.4) is 0 Å². The van der Waals surface area contributed by atoms with E-state index in [-0.39, 0.29) is 5.95 Å². The monoisotopic (exact) mass is 307 g/mol. The van der Waals surface area contributed by atoms with Gasteiger partial charge in [-0.05, 0) is 17.7 Å². The molecular formula is C12H14BrN5. The van der Waals surface area contributed by atoms with Gasteiger partial charge in [0.05, 0.1) is 0 Å². The van der Waals surface area contributed by atoms with E-state index in [9.17, 15) is 0 Å². The normalized spacial score (nSPS) is 10.3. The van der Waals surface area contributed by atoms with E-state index in [4.69, 9.17) is 11.5 Å². The molecule has 94 valence electrons. The van der Waals surface area contributed by atoms with Crippen LogP contribution < -0.4 is 16.4 Å². The van der Waals surface area contributed by atoms with E-state index >= 15 is 0 Å². The molecule has 4 N–H and O–H groups in total. The molecule has 5 nitrogen and oxygen atoms in total. The van der Waals surface area contributed by atoms with Gasteiger partial charge in [-0.25, -0.2) is 0 Å². The maximum Gasteiger partial charge on any atom is 0.223 e. The van der Waals surface area contributed by atoms with Crippen molar-refractivity contribution in [2.45, 2.75) is 6.54 Å². The smallest absolute Gasteiger partial charge is 0.223 e. The Kier molecular flexibility index (Phi) is 3.66. The molecule has 2 rings (SSSR count). The number of hydrogen-bond donors (Lipinski definition) is 2. The van der Waals surface area contributed by atoms with Gasteiger partial charge in [0.1, 0.15) is 11.6 Å². The minimum Gasteiger partial charge on any atom is -0.383 e. The molecule has 6 heteroatoms. The van der Waals surface area contributed by atoms with Crippen LogP contribution in [0.25, 0.3) is 0 Å². The van der Waals surface area contributed by atoms with Gasteiger partial charge in [0.2, 0.25) is 5.95 Å². The van der Waals surface area contributed by atoms with Gasteiger partial charge >= 0.3 is 0 Å². The number of nitrogen functional groups attached to an aromatic ring is 2. The molecule has 0 radical (unpaired) electrons. The lowest BCUT2D eigenvalue weighted by Gasteiger charge is -2.18. The molecule has 0 atom stereocenters. The molecule has 0 unspecified atom stereocenters. The zero-order chi connectivity index (χ0) is 13.1. The quantitative estimate of drug-likeness (QED) is 0.907. The Morgan fingerprint density at radius 2 is 2.00 bits per heavy atom. The molecule has 18 heavy (non-hydrogen) atoms. The largest absolute Gasteiger partial charge is 0.383 e. The molecule has 1 heterocycles. The Morgan fingerprint density at radius 3 is 2.67 bits per heavy atom. The lowest BCUT2D eigenvalue weighted by Crippen LogP contribution is -2.19. The molecule has 0 saturated heterocycles.